The van der Waals surface area contributed by atoms with Gasteiger partial charge in [-0.3, -0.25) is 14.5 Å². The summed E-state index contributed by atoms with van der Waals surface area (Å²) < 4.78 is 0. The Bertz CT molecular complexity index is 699. The minimum Gasteiger partial charge on any atom is -0.312 e. The quantitative estimate of drug-likeness (QED) is 0.847. The summed E-state index contributed by atoms with van der Waals surface area (Å²) in [6.45, 7) is 3.30. The number of amides is 2. The fraction of sp³-hybridized carbons (Fsp3) is 0.353. The lowest BCUT2D eigenvalue weighted by Crippen LogP contribution is -2.32. The molecular formula is C17H19N3O2S. The first-order chi connectivity index (χ1) is 11.2. The summed E-state index contributed by atoms with van der Waals surface area (Å²) in [6.07, 6.45) is 1.72. The molecule has 0 unspecified atom stereocenters. The van der Waals surface area contributed by atoms with Crippen molar-refractivity contribution in [2.45, 2.75) is 26.2 Å². The fourth-order valence-electron chi connectivity index (χ4n) is 2.71. The van der Waals surface area contributed by atoms with E-state index in [-0.39, 0.29) is 18.2 Å². The largest absolute Gasteiger partial charge is 0.312 e. The highest BCUT2D eigenvalue weighted by Gasteiger charge is 2.25. The molecule has 2 aromatic rings. The minimum absolute atomic E-state index is 0.0169. The molecule has 1 aromatic heterocycles. The molecule has 1 fully saturated rings. The number of carbonyl (C=O) groups is 2. The Balaban J connectivity index is 1.70. The van der Waals surface area contributed by atoms with Gasteiger partial charge in [0.05, 0.1) is 12.1 Å². The predicted molar refractivity (Wildman–Crippen MR) is 91.9 cm³/mol. The maximum atomic E-state index is 12.5. The SMILES string of the molecule is CCN(C(=O)Cc1csc(N2CCCC2=O)n1)c1ccccc1. The first kappa shape index (κ1) is 15.7. The van der Waals surface area contributed by atoms with Crippen molar-refractivity contribution < 1.29 is 9.59 Å². The maximum Gasteiger partial charge on any atom is 0.233 e. The van der Waals surface area contributed by atoms with Gasteiger partial charge >= 0.3 is 0 Å². The van der Waals surface area contributed by atoms with Crippen LogP contribution >= 0.6 is 11.3 Å². The van der Waals surface area contributed by atoms with Crippen molar-refractivity contribution in [2.75, 3.05) is 22.9 Å². The summed E-state index contributed by atoms with van der Waals surface area (Å²) in [5.74, 6) is 0.139. The van der Waals surface area contributed by atoms with Crippen LogP contribution in [0.15, 0.2) is 35.7 Å². The molecule has 0 saturated carbocycles. The Kier molecular flexibility index (Phi) is 4.71. The highest BCUT2D eigenvalue weighted by Crippen LogP contribution is 2.26. The van der Waals surface area contributed by atoms with Gasteiger partial charge in [0, 0.05) is 30.6 Å². The number of anilines is 2. The molecule has 6 heteroatoms. The monoisotopic (exact) mass is 329 g/mol. The highest BCUT2D eigenvalue weighted by molar-refractivity contribution is 7.14. The van der Waals surface area contributed by atoms with Crippen LogP contribution in [0.25, 0.3) is 0 Å². The van der Waals surface area contributed by atoms with E-state index in [1.54, 1.807) is 9.80 Å². The lowest BCUT2D eigenvalue weighted by atomic mass is 10.2. The Hall–Kier alpha value is -2.21. The molecular weight excluding hydrogens is 310 g/mol. The molecule has 2 amide bonds. The molecule has 120 valence electrons. The lowest BCUT2D eigenvalue weighted by molar-refractivity contribution is -0.118. The third-order valence-corrected chi connectivity index (χ3v) is 4.77. The average molecular weight is 329 g/mol. The predicted octanol–water partition coefficient (Wildman–Crippen LogP) is 2.87. The zero-order valence-corrected chi connectivity index (χ0v) is 13.9. The summed E-state index contributed by atoms with van der Waals surface area (Å²) >= 11 is 1.43. The van der Waals surface area contributed by atoms with Gasteiger partial charge in [0.1, 0.15) is 0 Å². The average Bonchev–Trinajstić information content (AvgIpc) is 3.18. The van der Waals surface area contributed by atoms with E-state index in [1.165, 1.54) is 11.3 Å². The Morgan fingerprint density at radius 3 is 2.78 bits per heavy atom. The van der Waals surface area contributed by atoms with Crippen molar-refractivity contribution >= 4 is 34.0 Å². The van der Waals surface area contributed by atoms with Gasteiger partial charge in [-0.15, -0.1) is 11.3 Å². The number of nitrogens with zero attached hydrogens (tertiary/aromatic N) is 3. The summed E-state index contributed by atoms with van der Waals surface area (Å²) in [5.41, 5.74) is 1.62. The molecule has 3 rings (SSSR count). The Morgan fingerprint density at radius 2 is 2.13 bits per heavy atom. The number of aromatic nitrogens is 1. The standard InChI is InChI=1S/C17H19N3O2S/c1-2-19(14-7-4-3-5-8-14)16(22)11-13-12-23-17(18-13)20-10-6-9-15(20)21/h3-5,7-8,12H,2,6,9-11H2,1H3. The number of carbonyl (C=O) groups excluding carboxylic acids is 2. The summed E-state index contributed by atoms with van der Waals surface area (Å²) in [7, 11) is 0. The van der Waals surface area contributed by atoms with E-state index >= 15 is 0 Å². The van der Waals surface area contributed by atoms with Crippen LogP contribution in [0.4, 0.5) is 10.8 Å². The van der Waals surface area contributed by atoms with E-state index in [0.717, 1.165) is 24.3 Å². The van der Waals surface area contributed by atoms with Crippen LogP contribution < -0.4 is 9.80 Å². The van der Waals surface area contributed by atoms with Gasteiger partial charge in [0.25, 0.3) is 0 Å². The summed E-state index contributed by atoms with van der Waals surface area (Å²) in [6, 6.07) is 9.63. The molecule has 0 N–H and O–H groups in total. The van der Waals surface area contributed by atoms with Crippen molar-refractivity contribution in [3.63, 3.8) is 0 Å². The second-order valence-electron chi connectivity index (χ2n) is 5.42. The number of para-hydroxylation sites is 1. The summed E-state index contributed by atoms with van der Waals surface area (Å²) in [4.78, 5) is 32.2. The van der Waals surface area contributed by atoms with Crippen LogP contribution in [0.3, 0.4) is 0 Å². The lowest BCUT2D eigenvalue weighted by Gasteiger charge is -2.20. The Labute approximate surface area is 139 Å². The molecule has 0 aliphatic carbocycles. The molecule has 0 atom stereocenters. The van der Waals surface area contributed by atoms with Crippen LogP contribution in [-0.2, 0) is 16.0 Å². The number of rotatable bonds is 5. The van der Waals surface area contributed by atoms with E-state index < -0.39 is 0 Å². The molecule has 0 spiro atoms. The van der Waals surface area contributed by atoms with Crippen LogP contribution in [0.1, 0.15) is 25.5 Å². The molecule has 1 aliphatic rings. The van der Waals surface area contributed by atoms with E-state index in [9.17, 15) is 9.59 Å². The van der Waals surface area contributed by atoms with Gasteiger partial charge in [-0.25, -0.2) is 4.98 Å². The second kappa shape index (κ2) is 6.91. The number of hydrogen-bond donors (Lipinski definition) is 0. The van der Waals surface area contributed by atoms with Gasteiger partial charge in [-0.2, -0.15) is 0 Å². The van der Waals surface area contributed by atoms with Crippen LogP contribution in [0, 0.1) is 0 Å². The first-order valence-corrected chi connectivity index (χ1v) is 8.67. The van der Waals surface area contributed by atoms with Crippen molar-refractivity contribution in [3.05, 3.63) is 41.4 Å². The number of hydrogen-bond acceptors (Lipinski definition) is 4. The zero-order chi connectivity index (χ0) is 16.2. The third kappa shape index (κ3) is 3.42. The Morgan fingerprint density at radius 1 is 1.35 bits per heavy atom. The maximum absolute atomic E-state index is 12.5. The molecule has 2 heterocycles. The summed E-state index contributed by atoms with van der Waals surface area (Å²) in [5, 5.41) is 2.58. The van der Waals surface area contributed by atoms with E-state index in [0.29, 0.717) is 18.1 Å². The third-order valence-electron chi connectivity index (χ3n) is 3.86. The van der Waals surface area contributed by atoms with Gasteiger partial charge in [-0.1, -0.05) is 18.2 Å². The first-order valence-electron chi connectivity index (χ1n) is 7.79. The van der Waals surface area contributed by atoms with Gasteiger partial charge in [0.15, 0.2) is 5.13 Å². The van der Waals surface area contributed by atoms with Crippen molar-refractivity contribution in [1.29, 1.82) is 0 Å². The van der Waals surface area contributed by atoms with Crippen LogP contribution in [-0.4, -0.2) is 29.9 Å². The molecule has 1 aromatic carbocycles. The molecule has 0 bridgehead atoms. The normalized spacial score (nSPS) is 14.3. The number of benzene rings is 1. The topological polar surface area (TPSA) is 53.5 Å². The van der Waals surface area contributed by atoms with Gasteiger partial charge < -0.3 is 4.90 Å². The second-order valence-corrected chi connectivity index (χ2v) is 6.26. The van der Waals surface area contributed by atoms with E-state index in [4.69, 9.17) is 0 Å². The van der Waals surface area contributed by atoms with Crippen molar-refractivity contribution in [2.24, 2.45) is 0 Å². The van der Waals surface area contributed by atoms with Crippen LogP contribution in [0.2, 0.25) is 0 Å². The van der Waals surface area contributed by atoms with E-state index in [1.807, 2.05) is 42.6 Å². The van der Waals surface area contributed by atoms with Crippen molar-refractivity contribution in [3.8, 4) is 0 Å². The molecule has 1 aliphatic heterocycles. The zero-order valence-electron chi connectivity index (χ0n) is 13.1. The van der Waals surface area contributed by atoms with Gasteiger partial charge in [-0.05, 0) is 25.5 Å². The van der Waals surface area contributed by atoms with Crippen LogP contribution in [0.5, 0.6) is 0 Å². The fourth-order valence-corrected chi connectivity index (χ4v) is 3.58. The highest BCUT2D eigenvalue weighted by atomic mass is 32.1. The molecule has 23 heavy (non-hydrogen) atoms. The smallest absolute Gasteiger partial charge is 0.233 e. The molecule has 5 nitrogen and oxygen atoms in total. The number of thiazole rings is 1. The van der Waals surface area contributed by atoms with E-state index in [2.05, 4.69) is 4.98 Å². The van der Waals surface area contributed by atoms with Crippen molar-refractivity contribution in [1.82, 2.24) is 4.98 Å². The molecule has 0 radical (unpaired) electrons. The van der Waals surface area contributed by atoms with Gasteiger partial charge in [0.2, 0.25) is 11.8 Å². The number of likely N-dealkylation sites (N-methyl/N-ethyl adjacent to an activating group) is 1. The minimum atomic E-state index is 0.0169. The molecule has 1 saturated heterocycles.